The summed E-state index contributed by atoms with van der Waals surface area (Å²) in [7, 11) is 0. The average molecular weight is 307 g/mol. The first-order valence-electron chi connectivity index (χ1n) is 6.81. The van der Waals surface area contributed by atoms with E-state index in [4.69, 9.17) is 23.2 Å². The number of anilines is 2. The van der Waals surface area contributed by atoms with E-state index in [0.29, 0.717) is 10.0 Å². The molecule has 0 bridgehead atoms. The second kappa shape index (κ2) is 6.04. The van der Waals surface area contributed by atoms with E-state index < -0.39 is 0 Å². The summed E-state index contributed by atoms with van der Waals surface area (Å²) in [6.45, 7) is 2.13. The summed E-state index contributed by atoms with van der Waals surface area (Å²) in [5.74, 6) is 0. The Bertz CT molecular complexity index is 580. The lowest BCUT2D eigenvalue weighted by Crippen LogP contribution is -2.37. The molecule has 0 atom stereocenters. The Morgan fingerprint density at radius 3 is 2.15 bits per heavy atom. The third-order valence-corrected chi connectivity index (χ3v) is 4.25. The van der Waals surface area contributed by atoms with Crippen molar-refractivity contribution in [1.82, 2.24) is 5.01 Å². The Morgan fingerprint density at radius 1 is 0.800 bits per heavy atom. The van der Waals surface area contributed by atoms with Gasteiger partial charge in [0.15, 0.2) is 0 Å². The molecule has 0 saturated carbocycles. The van der Waals surface area contributed by atoms with E-state index in [0.717, 1.165) is 24.5 Å². The van der Waals surface area contributed by atoms with Gasteiger partial charge in [-0.2, -0.15) is 0 Å². The fraction of sp³-hybridized carbons (Fsp3) is 0.250. The Morgan fingerprint density at radius 2 is 1.50 bits per heavy atom. The summed E-state index contributed by atoms with van der Waals surface area (Å²) in [6, 6.07) is 16.1. The van der Waals surface area contributed by atoms with E-state index in [2.05, 4.69) is 34.3 Å². The van der Waals surface area contributed by atoms with E-state index in [1.807, 2.05) is 24.3 Å². The van der Waals surface area contributed by atoms with Crippen LogP contribution in [0.2, 0.25) is 10.0 Å². The quantitative estimate of drug-likeness (QED) is 0.774. The van der Waals surface area contributed by atoms with Gasteiger partial charge in [-0.3, -0.25) is 5.01 Å². The second-order valence-electron chi connectivity index (χ2n) is 4.91. The number of hydrogen-bond acceptors (Lipinski definition) is 2. The molecule has 1 aliphatic heterocycles. The molecule has 0 N–H and O–H groups in total. The number of rotatable bonds is 3. The van der Waals surface area contributed by atoms with Crippen LogP contribution in [0.25, 0.3) is 0 Å². The molecule has 1 aliphatic rings. The maximum absolute atomic E-state index is 6.17. The van der Waals surface area contributed by atoms with Crippen molar-refractivity contribution < 1.29 is 0 Å². The van der Waals surface area contributed by atoms with Crippen molar-refractivity contribution >= 4 is 34.6 Å². The molecule has 0 unspecified atom stereocenters. The lowest BCUT2D eigenvalue weighted by atomic mass is 10.2. The zero-order valence-electron chi connectivity index (χ0n) is 11.1. The fourth-order valence-corrected chi connectivity index (χ4v) is 2.85. The van der Waals surface area contributed by atoms with Crippen molar-refractivity contribution in [2.45, 2.75) is 12.8 Å². The number of nitrogens with zero attached hydrogens (tertiary/aromatic N) is 2. The summed E-state index contributed by atoms with van der Waals surface area (Å²) in [5, 5.41) is 5.76. The molecule has 0 spiro atoms. The van der Waals surface area contributed by atoms with Crippen LogP contribution in [0.5, 0.6) is 0 Å². The fourth-order valence-electron chi connectivity index (χ4n) is 2.56. The van der Waals surface area contributed by atoms with Gasteiger partial charge in [-0.15, -0.1) is 0 Å². The Labute approximate surface area is 129 Å². The summed E-state index contributed by atoms with van der Waals surface area (Å²) in [4.78, 5) is 0. The molecule has 20 heavy (non-hydrogen) atoms. The largest absolute Gasteiger partial charge is 0.274 e. The van der Waals surface area contributed by atoms with E-state index >= 15 is 0 Å². The van der Waals surface area contributed by atoms with E-state index in [9.17, 15) is 0 Å². The highest BCUT2D eigenvalue weighted by atomic mass is 35.5. The van der Waals surface area contributed by atoms with Gasteiger partial charge < -0.3 is 0 Å². The minimum Gasteiger partial charge on any atom is -0.274 e. The Balaban J connectivity index is 2.02. The van der Waals surface area contributed by atoms with Gasteiger partial charge in [0, 0.05) is 13.1 Å². The maximum atomic E-state index is 6.17. The number of benzene rings is 2. The van der Waals surface area contributed by atoms with Gasteiger partial charge in [0.1, 0.15) is 0 Å². The highest BCUT2D eigenvalue weighted by Crippen LogP contribution is 2.33. The van der Waals surface area contributed by atoms with Crippen LogP contribution in [0.15, 0.2) is 48.5 Å². The molecule has 3 rings (SSSR count). The van der Waals surface area contributed by atoms with Gasteiger partial charge in [-0.25, -0.2) is 5.01 Å². The molecule has 2 aromatic carbocycles. The molecule has 104 valence electrons. The molecule has 1 fully saturated rings. The van der Waals surface area contributed by atoms with Crippen molar-refractivity contribution in [3.8, 4) is 0 Å². The summed E-state index contributed by atoms with van der Waals surface area (Å²) in [5.41, 5.74) is 2.19. The van der Waals surface area contributed by atoms with Crippen LogP contribution in [0.1, 0.15) is 12.8 Å². The first kappa shape index (κ1) is 13.7. The van der Waals surface area contributed by atoms with Gasteiger partial charge in [-0.1, -0.05) is 41.4 Å². The minimum absolute atomic E-state index is 0.587. The molecular formula is C16H16Cl2N2. The highest BCUT2D eigenvalue weighted by Gasteiger charge is 2.22. The second-order valence-corrected chi connectivity index (χ2v) is 5.72. The average Bonchev–Trinajstić information content (AvgIpc) is 2.98. The zero-order chi connectivity index (χ0) is 13.9. The van der Waals surface area contributed by atoms with Gasteiger partial charge in [0.2, 0.25) is 0 Å². The van der Waals surface area contributed by atoms with Gasteiger partial charge in [0.05, 0.1) is 21.4 Å². The van der Waals surface area contributed by atoms with Crippen LogP contribution < -0.4 is 5.01 Å². The molecule has 2 aromatic rings. The Hall–Kier alpha value is -1.22. The van der Waals surface area contributed by atoms with E-state index in [1.54, 1.807) is 0 Å². The van der Waals surface area contributed by atoms with Crippen LogP contribution in [0.4, 0.5) is 11.4 Å². The molecular weight excluding hydrogens is 291 g/mol. The van der Waals surface area contributed by atoms with Crippen LogP contribution in [-0.2, 0) is 0 Å². The molecule has 0 radical (unpaired) electrons. The van der Waals surface area contributed by atoms with Gasteiger partial charge >= 0.3 is 0 Å². The molecule has 0 aromatic heterocycles. The van der Waals surface area contributed by atoms with Crippen molar-refractivity contribution in [1.29, 1.82) is 0 Å². The number of para-hydroxylation sites is 1. The van der Waals surface area contributed by atoms with Crippen LogP contribution in [-0.4, -0.2) is 18.1 Å². The minimum atomic E-state index is 0.587. The maximum Gasteiger partial charge on any atom is 0.0613 e. The summed E-state index contributed by atoms with van der Waals surface area (Å²) in [6.07, 6.45) is 2.45. The zero-order valence-corrected chi connectivity index (χ0v) is 12.6. The number of hydrogen-bond donors (Lipinski definition) is 0. The Kier molecular flexibility index (Phi) is 4.16. The monoisotopic (exact) mass is 306 g/mol. The summed E-state index contributed by atoms with van der Waals surface area (Å²) < 4.78 is 0. The lowest BCUT2D eigenvalue weighted by molar-refractivity contribution is 0.345. The third kappa shape index (κ3) is 2.78. The summed E-state index contributed by atoms with van der Waals surface area (Å²) >= 11 is 12.2. The van der Waals surface area contributed by atoms with Crippen LogP contribution >= 0.6 is 23.2 Å². The van der Waals surface area contributed by atoms with Crippen molar-refractivity contribution in [2.24, 2.45) is 0 Å². The molecule has 2 nitrogen and oxygen atoms in total. The topological polar surface area (TPSA) is 6.48 Å². The lowest BCUT2D eigenvalue weighted by Gasteiger charge is -2.33. The SMILES string of the molecule is Clc1ccc(N(c2ccccc2)N2CCCC2)cc1Cl. The van der Waals surface area contributed by atoms with Crippen LogP contribution in [0, 0.1) is 0 Å². The first-order valence-corrected chi connectivity index (χ1v) is 7.56. The normalized spacial score (nSPS) is 15.5. The molecule has 1 saturated heterocycles. The third-order valence-electron chi connectivity index (χ3n) is 3.51. The van der Waals surface area contributed by atoms with Gasteiger partial charge in [0.25, 0.3) is 0 Å². The van der Waals surface area contributed by atoms with Crippen LogP contribution in [0.3, 0.4) is 0 Å². The number of halogens is 2. The highest BCUT2D eigenvalue weighted by molar-refractivity contribution is 6.42. The smallest absolute Gasteiger partial charge is 0.0613 e. The van der Waals surface area contributed by atoms with Gasteiger partial charge in [-0.05, 0) is 43.2 Å². The molecule has 0 aliphatic carbocycles. The molecule has 1 heterocycles. The van der Waals surface area contributed by atoms with E-state index in [1.165, 1.54) is 12.8 Å². The predicted molar refractivity (Wildman–Crippen MR) is 85.9 cm³/mol. The van der Waals surface area contributed by atoms with E-state index in [-0.39, 0.29) is 0 Å². The molecule has 0 amide bonds. The van der Waals surface area contributed by atoms with Crippen molar-refractivity contribution in [2.75, 3.05) is 18.1 Å². The first-order chi connectivity index (χ1) is 9.75. The standard InChI is InChI=1S/C16H16Cl2N2/c17-15-9-8-14(12-16(15)18)20(19-10-4-5-11-19)13-6-2-1-3-7-13/h1-3,6-9,12H,4-5,10-11H2. The molecule has 4 heteroatoms. The number of hydrazine groups is 1. The van der Waals surface area contributed by atoms with Crippen molar-refractivity contribution in [3.05, 3.63) is 58.6 Å². The van der Waals surface area contributed by atoms with Crippen molar-refractivity contribution in [3.63, 3.8) is 0 Å². The predicted octanol–water partition coefficient (Wildman–Crippen LogP) is 5.14.